The molecule has 1 N–H and O–H groups in total. The molecule has 0 aromatic heterocycles. The minimum absolute atomic E-state index is 0.143. The molecule has 1 saturated heterocycles. The number of amides is 1. The summed E-state index contributed by atoms with van der Waals surface area (Å²) in [4.78, 5) is 27.7. The molecule has 31 heavy (non-hydrogen) atoms. The Labute approximate surface area is 187 Å². The molecule has 2 aromatic rings. The number of halogens is 1. The van der Waals surface area contributed by atoms with Crippen LogP contribution < -0.4 is 10.2 Å². The highest BCUT2D eigenvalue weighted by atomic mass is 35.5. The lowest BCUT2D eigenvalue weighted by Gasteiger charge is -2.34. The third-order valence-corrected chi connectivity index (χ3v) is 5.43. The summed E-state index contributed by atoms with van der Waals surface area (Å²) >= 11 is 6.25. The van der Waals surface area contributed by atoms with Crippen molar-refractivity contribution in [3.05, 3.63) is 64.7 Å². The molecule has 1 aliphatic rings. The minimum atomic E-state index is -0.366. The van der Waals surface area contributed by atoms with Gasteiger partial charge >= 0.3 is 5.97 Å². The fourth-order valence-corrected chi connectivity index (χ4v) is 3.55. The van der Waals surface area contributed by atoms with E-state index in [1.165, 1.54) is 6.92 Å². The zero-order valence-electron chi connectivity index (χ0n) is 17.8. The highest BCUT2D eigenvalue weighted by Gasteiger charge is 2.19. The highest BCUT2D eigenvalue weighted by Crippen LogP contribution is 2.18. The standard InChI is InChI=1S/C23H27ClN4O3/c1-17(19-7-9-21(10-8-19)31-18(2)29)25-26-23(30)16-28-13-11-27(12-14-28)15-20-5-3-4-6-22(20)24/h3-10H,11-16H2,1-2H3,(H,26,30). The maximum Gasteiger partial charge on any atom is 0.308 e. The Hall–Kier alpha value is -2.74. The lowest BCUT2D eigenvalue weighted by molar-refractivity contribution is -0.131. The van der Waals surface area contributed by atoms with Crippen molar-refractivity contribution in [1.29, 1.82) is 0 Å². The predicted octanol–water partition coefficient (Wildman–Crippen LogP) is 2.92. The van der Waals surface area contributed by atoms with Gasteiger partial charge in [-0.2, -0.15) is 5.10 Å². The molecule has 0 radical (unpaired) electrons. The second-order valence-electron chi connectivity index (χ2n) is 7.49. The van der Waals surface area contributed by atoms with Gasteiger partial charge in [0.05, 0.1) is 12.3 Å². The Balaban J connectivity index is 1.42. The zero-order chi connectivity index (χ0) is 22.2. The number of carbonyl (C=O) groups is 2. The van der Waals surface area contributed by atoms with E-state index in [2.05, 4.69) is 20.3 Å². The molecule has 2 aromatic carbocycles. The molecule has 8 heteroatoms. The molecule has 0 spiro atoms. The number of nitrogens with one attached hydrogen (secondary N) is 1. The van der Waals surface area contributed by atoms with Crippen LogP contribution in [0.3, 0.4) is 0 Å². The van der Waals surface area contributed by atoms with Crippen LogP contribution in [0.1, 0.15) is 25.0 Å². The smallest absolute Gasteiger partial charge is 0.308 e. The first-order chi connectivity index (χ1) is 14.9. The Bertz CT molecular complexity index is 938. The van der Waals surface area contributed by atoms with Crippen molar-refractivity contribution in [2.75, 3.05) is 32.7 Å². The van der Waals surface area contributed by atoms with Crippen LogP contribution in [-0.2, 0) is 16.1 Å². The van der Waals surface area contributed by atoms with E-state index in [-0.39, 0.29) is 11.9 Å². The molecule has 1 fully saturated rings. The van der Waals surface area contributed by atoms with Crippen molar-refractivity contribution in [2.24, 2.45) is 5.10 Å². The molecule has 1 aliphatic heterocycles. The number of hydrogen-bond donors (Lipinski definition) is 1. The maximum absolute atomic E-state index is 12.3. The summed E-state index contributed by atoms with van der Waals surface area (Å²) in [6, 6.07) is 14.9. The Kier molecular flexibility index (Phi) is 8.17. The number of hydrazone groups is 1. The van der Waals surface area contributed by atoms with Gasteiger partial charge in [-0.1, -0.05) is 29.8 Å². The van der Waals surface area contributed by atoms with Crippen LogP contribution in [0.2, 0.25) is 5.02 Å². The van der Waals surface area contributed by atoms with Gasteiger partial charge in [-0.05, 0) is 48.4 Å². The van der Waals surface area contributed by atoms with Crippen molar-refractivity contribution in [1.82, 2.24) is 15.2 Å². The fraction of sp³-hybridized carbons (Fsp3) is 0.348. The summed E-state index contributed by atoms with van der Waals surface area (Å²) in [6.45, 7) is 7.70. The van der Waals surface area contributed by atoms with E-state index >= 15 is 0 Å². The van der Waals surface area contributed by atoms with Crippen LogP contribution in [0.25, 0.3) is 0 Å². The SMILES string of the molecule is CC(=O)Oc1ccc(C(C)=NNC(=O)CN2CCN(Cc3ccccc3Cl)CC2)cc1. The highest BCUT2D eigenvalue weighted by molar-refractivity contribution is 6.31. The molecule has 0 saturated carbocycles. The second-order valence-corrected chi connectivity index (χ2v) is 7.90. The van der Waals surface area contributed by atoms with Crippen LogP contribution in [0, 0.1) is 0 Å². The fourth-order valence-electron chi connectivity index (χ4n) is 3.35. The number of hydrogen-bond acceptors (Lipinski definition) is 6. The van der Waals surface area contributed by atoms with Gasteiger partial charge in [-0.25, -0.2) is 5.43 Å². The average Bonchev–Trinajstić information content (AvgIpc) is 2.75. The normalized spacial score (nSPS) is 15.5. The van der Waals surface area contributed by atoms with Crippen molar-refractivity contribution >= 4 is 29.2 Å². The molecule has 164 valence electrons. The van der Waals surface area contributed by atoms with Crippen molar-refractivity contribution in [3.63, 3.8) is 0 Å². The van der Waals surface area contributed by atoms with E-state index in [0.29, 0.717) is 18.0 Å². The van der Waals surface area contributed by atoms with Gasteiger partial charge < -0.3 is 4.74 Å². The molecule has 0 bridgehead atoms. The molecule has 1 amide bonds. The first-order valence-electron chi connectivity index (χ1n) is 10.2. The lowest BCUT2D eigenvalue weighted by atomic mass is 10.1. The third kappa shape index (κ3) is 7.17. The predicted molar refractivity (Wildman–Crippen MR) is 121 cm³/mol. The van der Waals surface area contributed by atoms with E-state index in [4.69, 9.17) is 16.3 Å². The number of benzene rings is 2. The quantitative estimate of drug-likeness (QED) is 0.309. The first kappa shape index (κ1) is 22.9. The van der Waals surface area contributed by atoms with Gasteiger partial charge in [0.15, 0.2) is 0 Å². The Morgan fingerprint density at radius 1 is 1.00 bits per heavy atom. The first-order valence-corrected chi connectivity index (χ1v) is 10.6. The molecule has 0 aliphatic carbocycles. The summed E-state index contributed by atoms with van der Waals surface area (Å²) in [5.74, 6) is -0.0349. The van der Waals surface area contributed by atoms with Gasteiger partial charge in [-0.3, -0.25) is 19.4 Å². The number of piperazine rings is 1. The molecule has 1 heterocycles. The van der Waals surface area contributed by atoms with Crippen molar-refractivity contribution in [3.8, 4) is 5.75 Å². The second kappa shape index (κ2) is 11.0. The van der Waals surface area contributed by atoms with Gasteiger partial charge in [0.1, 0.15) is 5.75 Å². The number of rotatable bonds is 7. The maximum atomic E-state index is 12.3. The van der Waals surface area contributed by atoms with Gasteiger partial charge in [0, 0.05) is 44.7 Å². The van der Waals surface area contributed by atoms with Crippen LogP contribution in [0.5, 0.6) is 5.75 Å². The summed E-state index contributed by atoms with van der Waals surface area (Å²) in [6.07, 6.45) is 0. The van der Waals surface area contributed by atoms with Crippen LogP contribution in [0.4, 0.5) is 0 Å². The molecule has 3 rings (SSSR count). The zero-order valence-corrected chi connectivity index (χ0v) is 18.6. The summed E-state index contributed by atoms with van der Waals surface area (Å²) in [5.41, 5.74) is 5.26. The van der Waals surface area contributed by atoms with Crippen molar-refractivity contribution < 1.29 is 14.3 Å². The summed E-state index contributed by atoms with van der Waals surface area (Å²) in [5, 5.41) is 4.98. The van der Waals surface area contributed by atoms with Gasteiger partial charge in [-0.15, -0.1) is 0 Å². The van der Waals surface area contributed by atoms with Crippen molar-refractivity contribution in [2.45, 2.75) is 20.4 Å². The lowest BCUT2D eigenvalue weighted by Crippen LogP contribution is -2.48. The molecule has 0 unspecified atom stereocenters. The molecular weight excluding hydrogens is 416 g/mol. The van der Waals surface area contributed by atoms with Crippen LogP contribution in [-0.4, -0.2) is 60.1 Å². The van der Waals surface area contributed by atoms with E-state index in [1.54, 1.807) is 24.3 Å². The summed E-state index contributed by atoms with van der Waals surface area (Å²) < 4.78 is 5.01. The van der Waals surface area contributed by atoms with E-state index in [1.807, 2.05) is 31.2 Å². The topological polar surface area (TPSA) is 74.2 Å². The van der Waals surface area contributed by atoms with Crippen LogP contribution >= 0.6 is 11.6 Å². The summed E-state index contributed by atoms with van der Waals surface area (Å²) in [7, 11) is 0. The van der Waals surface area contributed by atoms with Gasteiger partial charge in [0.2, 0.25) is 0 Å². The Morgan fingerprint density at radius 3 is 2.29 bits per heavy atom. The van der Waals surface area contributed by atoms with E-state index < -0.39 is 0 Å². The third-order valence-electron chi connectivity index (χ3n) is 5.07. The number of ether oxygens (including phenoxy) is 1. The number of nitrogens with zero attached hydrogens (tertiary/aromatic N) is 3. The minimum Gasteiger partial charge on any atom is -0.427 e. The largest absolute Gasteiger partial charge is 0.427 e. The molecular formula is C23H27ClN4O3. The van der Waals surface area contributed by atoms with Crippen LogP contribution in [0.15, 0.2) is 53.6 Å². The molecule has 0 atom stereocenters. The number of esters is 1. The van der Waals surface area contributed by atoms with E-state index in [0.717, 1.165) is 48.9 Å². The van der Waals surface area contributed by atoms with Gasteiger partial charge in [0.25, 0.3) is 5.91 Å². The Morgan fingerprint density at radius 2 is 1.65 bits per heavy atom. The number of carbonyl (C=O) groups excluding carboxylic acids is 2. The monoisotopic (exact) mass is 442 g/mol. The van der Waals surface area contributed by atoms with E-state index in [9.17, 15) is 9.59 Å². The average molecular weight is 443 g/mol. The molecule has 7 nitrogen and oxygen atoms in total.